The van der Waals surface area contributed by atoms with Crippen LogP contribution in [-0.2, 0) is 0 Å². The molecule has 0 unspecified atom stereocenters. The van der Waals surface area contributed by atoms with Crippen LogP contribution in [0.1, 0.15) is 22.0 Å². The van der Waals surface area contributed by atoms with E-state index < -0.39 is 0 Å². The molecule has 2 saturated heterocycles. The van der Waals surface area contributed by atoms with Crippen molar-refractivity contribution in [1.29, 1.82) is 0 Å². The zero-order valence-corrected chi connectivity index (χ0v) is 14.9. The van der Waals surface area contributed by atoms with Crippen molar-refractivity contribution < 1.29 is 4.79 Å². The second kappa shape index (κ2) is 5.99. The molecular weight excluding hydrogens is 322 g/mol. The van der Waals surface area contributed by atoms with E-state index in [9.17, 15) is 4.79 Å². The van der Waals surface area contributed by atoms with Gasteiger partial charge in [0.15, 0.2) is 0 Å². The maximum absolute atomic E-state index is 13.2. The molecule has 0 aliphatic carbocycles. The van der Waals surface area contributed by atoms with E-state index in [-0.39, 0.29) is 5.91 Å². The van der Waals surface area contributed by atoms with Gasteiger partial charge in [-0.15, -0.1) is 0 Å². The second-order valence-corrected chi connectivity index (χ2v) is 7.67. The van der Waals surface area contributed by atoms with E-state index in [0.29, 0.717) is 17.9 Å². The molecule has 2 aliphatic rings. The summed E-state index contributed by atoms with van der Waals surface area (Å²) in [5.41, 5.74) is 3.20. The smallest absolute Gasteiger partial charge is 0.254 e. The first-order valence-corrected chi connectivity index (χ1v) is 9.33. The Morgan fingerprint density at radius 1 is 1.00 bits per heavy atom. The predicted molar refractivity (Wildman–Crippen MR) is 103 cm³/mol. The van der Waals surface area contributed by atoms with E-state index in [2.05, 4.69) is 52.2 Å². The fourth-order valence-corrected chi connectivity index (χ4v) is 5.02. The summed E-state index contributed by atoms with van der Waals surface area (Å²) in [4.78, 5) is 20.9. The lowest BCUT2D eigenvalue weighted by atomic mass is 9.90. The summed E-state index contributed by atoms with van der Waals surface area (Å²) in [7, 11) is 2.21. The number of aromatic nitrogens is 1. The van der Waals surface area contributed by atoms with Crippen LogP contribution >= 0.6 is 0 Å². The number of rotatable bonds is 2. The molecule has 1 amide bonds. The van der Waals surface area contributed by atoms with Gasteiger partial charge in [0.05, 0.1) is 0 Å². The van der Waals surface area contributed by atoms with Crippen molar-refractivity contribution in [3.05, 3.63) is 71.9 Å². The molecule has 5 rings (SSSR count). The summed E-state index contributed by atoms with van der Waals surface area (Å²) < 4.78 is 0. The topological polar surface area (TPSA) is 39.3 Å². The summed E-state index contributed by atoms with van der Waals surface area (Å²) in [6.07, 6.45) is 1.90. The number of H-pyrrole nitrogens is 1. The van der Waals surface area contributed by atoms with Gasteiger partial charge in [0.2, 0.25) is 0 Å². The molecule has 2 fully saturated rings. The van der Waals surface area contributed by atoms with Crippen LogP contribution < -0.4 is 0 Å². The van der Waals surface area contributed by atoms with Crippen LogP contribution in [0.2, 0.25) is 0 Å². The molecule has 0 bridgehead atoms. The third-order valence-corrected chi connectivity index (χ3v) is 6.15. The first-order chi connectivity index (χ1) is 12.7. The Hall–Kier alpha value is -2.59. The van der Waals surface area contributed by atoms with Gasteiger partial charge in [-0.1, -0.05) is 36.4 Å². The number of nitrogens with one attached hydrogen (secondary N) is 1. The second-order valence-electron chi connectivity index (χ2n) is 7.67. The number of hydrogen-bond donors (Lipinski definition) is 1. The molecule has 0 radical (unpaired) electrons. The van der Waals surface area contributed by atoms with Crippen LogP contribution in [0.5, 0.6) is 0 Å². The SMILES string of the molecule is CN1C[C@@H]2CN(C(=O)c3cccc4[nH]ccc34)C[C@@H]2[C@@H]1c1ccccc1. The standard InChI is InChI=1S/C22H23N3O/c1-24-12-16-13-25(14-19(16)21(24)15-6-3-2-4-7-15)22(26)18-8-5-9-20-17(18)10-11-23-20/h2-11,16,19,21,23H,12-14H2,1H3/t16-,19+,21+/m1/s1. The minimum atomic E-state index is 0.166. The van der Waals surface area contributed by atoms with Crippen molar-refractivity contribution in [2.75, 3.05) is 26.7 Å². The third-order valence-electron chi connectivity index (χ3n) is 6.15. The highest BCUT2D eigenvalue weighted by Crippen LogP contribution is 2.44. The molecule has 0 saturated carbocycles. The molecule has 0 spiro atoms. The summed E-state index contributed by atoms with van der Waals surface area (Å²) in [5.74, 6) is 1.23. The fourth-order valence-electron chi connectivity index (χ4n) is 5.02. The third kappa shape index (κ3) is 2.36. The Morgan fingerprint density at radius 3 is 2.69 bits per heavy atom. The predicted octanol–water partition coefficient (Wildman–Crippen LogP) is 3.54. The summed E-state index contributed by atoms with van der Waals surface area (Å²) in [5, 5.41) is 1.02. The number of hydrogen-bond acceptors (Lipinski definition) is 2. The molecule has 4 nitrogen and oxygen atoms in total. The molecule has 3 aromatic rings. The van der Waals surface area contributed by atoms with Crippen molar-refractivity contribution in [1.82, 2.24) is 14.8 Å². The van der Waals surface area contributed by atoms with Gasteiger partial charge in [-0.05, 0) is 36.7 Å². The lowest BCUT2D eigenvalue weighted by Gasteiger charge is -2.27. The Balaban J connectivity index is 1.42. The fraction of sp³-hybridized carbons (Fsp3) is 0.318. The van der Waals surface area contributed by atoms with E-state index in [1.165, 1.54) is 5.56 Å². The average molecular weight is 345 g/mol. The van der Waals surface area contributed by atoms with E-state index in [1.807, 2.05) is 30.5 Å². The van der Waals surface area contributed by atoms with Gasteiger partial charge in [0.25, 0.3) is 5.91 Å². The van der Waals surface area contributed by atoms with Gasteiger partial charge in [-0.2, -0.15) is 0 Å². The van der Waals surface area contributed by atoms with Crippen molar-refractivity contribution >= 4 is 16.8 Å². The number of likely N-dealkylation sites (tertiary alicyclic amines) is 2. The van der Waals surface area contributed by atoms with E-state index in [4.69, 9.17) is 0 Å². The Bertz CT molecular complexity index is 948. The number of benzene rings is 2. The molecule has 26 heavy (non-hydrogen) atoms. The first-order valence-electron chi connectivity index (χ1n) is 9.33. The number of amides is 1. The summed E-state index contributed by atoms with van der Waals surface area (Å²) in [6, 6.07) is 19.1. The number of fused-ring (bicyclic) bond motifs is 2. The van der Waals surface area contributed by atoms with Crippen LogP contribution in [0, 0.1) is 11.8 Å². The highest BCUT2D eigenvalue weighted by Gasteiger charge is 2.47. The summed E-state index contributed by atoms with van der Waals surface area (Å²) >= 11 is 0. The van der Waals surface area contributed by atoms with Gasteiger partial charge in [0.1, 0.15) is 0 Å². The average Bonchev–Trinajstić information content (AvgIpc) is 3.35. The van der Waals surface area contributed by atoms with Gasteiger partial charge in [-0.25, -0.2) is 0 Å². The molecule has 3 atom stereocenters. The molecule has 3 heterocycles. The van der Waals surface area contributed by atoms with Crippen molar-refractivity contribution in [2.24, 2.45) is 11.8 Å². The van der Waals surface area contributed by atoms with Crippen molar-refractivity contribution in [2.45, 2.75) is 6.04 Å². The van der Waals surface area contributed by atoms with Gasteiger partial charge in [0, 0.05) is 54.3 Å². The number of aromatic amines is 1. The number of nitrogens with zero attached hydrogens (tertiary/aromatic N) is 2. The molecular formula is C22H23N3O. The molecule has 2 aliphatic heterocycles. The molecule has 2 aromatic carbocycles. The highest BCUT2D eigenvalue weighted by molar-refractivity contribution is 6.06. The van der Waals surface area contributed by atoms with Gasteiger partial charge < -0.3 is 9.88 Å². The number of carbonyl (C=O) groups is 1. The lowest BCUT2D eigenvalue weighted by Crippen LogP contribution is -2.33. The zero-order valence-electron chi connectivity index (χ0n) is 14.9. The summed E-state index contributed by atoms with van der Waals surface area (Å²) in [6.45, 7) is 2.76. The van der Waals surface area contributed by atoms with Crippen molar-refractivity contribution in [3.8, 4) is 0 Å². The minimum absolute atomic E-state index is 0.166. The Morgan fingerprint density at radius 2 is 1.85 bits per heavy atom. The quantitative estimate of drug-likeness (QED) is 0.772. The van der Waals surface area contributed by atoms with E-state index >= 15 is 0 Å². The largest absolute Gasteiger partial charge is 0.361 e. The molecule has 4 heteroatoms. The van der Waals surface area contributed by atoms with Crippen LogP contribution in [0.25, 0.3) is 10.9 Å². The number of carbonyl (C=O) groups excluding carboxylic acids is 1. The van der Waals surface area contributed by atoms with E-state index in [1.54, 1.807) is 0 Å². The maximum atomic E-state index is 13.2. The Labute approximate surface area is 153 Å². The van der Waals surface area contributed by atoms with E-state index in [0.717, 1.165) is 36.1 Å². The maximum Gasteiger partial charge on any atom is 0.254 e. The normalized spacial score (nSPS) is 25.7. The van der Waals surface area contributed by atoms with Crippen molar-refractivity contribution in [3.63, 3.8) is 0 Å². The van der Waals surface area contributed by atoms with Crippen LogP contribution in [0.15, 0.2) is 60.8 Å². The zero-order chi connectivity index (χ0) is 17.7. The van der Waals surface area contributed by atoms with Gasteiger partial charge in [-0.3, -0.25) is 9.69 Å². The monoisotopic (exact) mass is 345 g/mol. The lowest BCUT2D eigenvalue weighted by molar-refractivity contribution is 0.0770. The van der Waals surface area contributed by atoms with Crippen LogP contribution in [-0.4, -0.2) is 47.4 Å². The molecule has 132 valence electrons. The van der Waals surface area contributed by atoms with Crippen LogP contribution in [0.3, 0.4) is 0 Å². The minimum Gasteiger partial charge on any atom is -0.361 e. The Kier molecular flexibility index (Phi) is 3.61. The molecule has 1 aromatic heterocycles. The van der Waals surface area contributed by atoms with Gasteiger partial charge >= 0.3 is 0 Å². The highest BCUT2D eigenvalue weighted by atomic mass is 16.2. The first kappa shape index (κ1) is 15.6. The van der Waals surface area contributed by atoms with Crippen LogP contribution in [0.4, 0.5) is 0 Å². The molecule has 1 N–H and O–H groups in total.